The number of para-hydroxylation sites is 2. The second-order valence-corrected chi connectivity index (χ2v) is 4.20. The minimum atomic E-state index is 0.962. The molecule has 0 bridgehead atoms. The molecule has 0 amide bonds. The van der Waals surface area contributed by atoms with Crippen LogP contribution in [0.3, 0.4) is 0 Å². The zero-order chi connectivity index (χ0) is 12.1. The quantitative estimate of drug-likeness (QED) is 0.788. The van der Waals surface area contributed by atoms with E-state index in [0.717, 1.165) is 42.8 Å². The van der Waals surface area contributed by atoms with Crippen molar-refractivity contribution < 1.29 is 0 Å². The number of hydrogen-bond acceptors (Lipinski definition) is 3. The summed E-state index contributed by atoms with van der Waals surface area (Å²) in [6.07, 6.45) is 4.15. The molecule has 1 aromatic carbocycles. The fourth-order valence-corrected chi connectivity index (χ4v) is 1.98. The zero-order valence-corrected chi connectivity index (χ0v) is 10.6. The van der Waals surface area contributed by atoms with Crippen molar-refractivity contribution in [2.24, 2.45) is 0 Å². The lowest BCUT2D eigenvalue weighted by atomic mass is 10.3. The molecule has 1 aromatic heterocycles. The number of rotatable bonds is 5. The van der Waals surface area contributed by atoms with Crippen LogP contribution in [-0.4, -0.2) is 23.1 Å². The lowest BCUT2D eigenvalue weighted by Crippen LogP contribution is -2.25. The zero-order valence-electron chi connectivity index (χ0n) is 10.6. The Labute approximate surface area is 103 Å². The van der Waals surface area contributed by atoms with E-state index in [2.05, 4.69) is 28.7 Å². The first-order valence-corrected chi connectivity index (χ1v) is 6.32. The lowest BCUT2D eigenvalue weighted by molar-refractivity contribution is 0.734. The number of benzene rings is 1. The van der Waals surface area contributed by atoms with Crippen molar-refractivity contribution in [3.8, 4) is 0 Å². The van der Waals surface area contributed by atoms with E-state index in [1.807, 2.05) is 30.5 Å². The number of aromatic nitrogens is 2. The van der Waals surface area contributed by atoms with Gasteiger partial charge in [-0.3, -0.25) is 4.98 Å². The van der Waals surface area contributed by atoms with Crippen LogP contribution in [-0.2, 0) is 0 Å². The monoisotopic (exact) mass is 229 g/mol. The molecule has 0 aliphatic rings. The molecule has 2 rings (SSSR count). The van der Waals surface area contributed by atoms with E-state index in [0.29, 0.717) is 0 Å². The minimum Gasteiger partial charge on any atom is -0.355 e. The van der Waals surface area contributed by atoms with Crippen LogP contribution in [0, 0.1) is 0 Å². The summed E-state index contributed by atoms with van der Waals surface area (Å²) >= 11 is 0. The average molecular weight is 229 g/mol. The van der Waals surface area contributed by atoms with Crippen molar-refractivity contribution in [1.82, 2.24) is 9.97 Å². The van der Waals surface area contributed by atoms with Crippen LogP contribution in [0.25, 0.3) is 11.0 Å². The second kappa shape index (κ2) is 5.62. The maximum absolute atomic E-state index is 4.68. The van der Waals surface area contributed by atoms with Crippen LogP contribution in [0.4, 0.5) is 5.82 Å². The summed E-state index contributed by atoms with van der Waals surface area (Å²) in [5.41, 5.74) is 1.94. The lowest BCUT2D eigenvalue weighted by Gasteiger charge is -2.22. The van der Waals surface area contributed by atoms with Gasteiger partial charge in [0, 0.05) is 13.1 Å². The van der Waals surface area contributed by atoms with Gasteiger partial charge >= 0.3 is 0 Å². The molecule has 0 aliphatic heterocycles. The maximum Gasteiger partial charge on any atom is 0.147 e. The third-order valence-electron chi connectivity index (χ3n) is 2.75. The van der Waals surface area contributed by atoms with Gasteiger partial charge in [0.1, 0.15) is 5.82 Å². The van der Waals surface area contributed by atoms with Crippen molar-refractivity contribution in [2.45, 2.75) is 26.7 Å². The number of fused-ring (bicyclic) bond motifs is 1. The van der Waals surface area contributed by atoms with Gasteiger partial charge in [-0.1, -0.05) is 26.0 Å². The smallest absolute Gasteiger partial charge is 0.147 e. The van der Waals surface area contributed by atoms with Gasteiger partial charge in [0.05, 0.1) is 17.2 Å². The van der Waals surface area contributed by atoms with Crippen molar-refractivity contribution in [3.05, 3.63) is 30.5 Å². The van der Waals surface area contributed by atoms with E-state index in [1.54, 1.807) is 0 Å². The van der Waals surface area contributed by atoms with Gasteiger partial charge in [-0.2, -0.15) is 0 Å². The van der Waals surface area contributed by atoms with Gasteiger partial charge in [-0.15, -0.1) is 0 Å². The largest absolute Gasteiger partial charge is 0.355 e. The summed E-state index contributed by atoms with van der Waals surface area (Å²) < 4.78 is 0. The van der Waals surface area contributed by atoms with E-state index >= 15 is 0 Å². The summed E-state index contributed by atoms with van der Waals surface area (Å²) in [5, 5.41) is 0. The highest BCUT2D eigenvalue weighted by Crippen LogP contribution is 2.15. The topological polar surface area (TPSA) is 29.0 Å². The van der Waals surface area contributed by atoms with Gasteiger partial charge < -0.3 is 4.90 Å². The highest BCUT2D eigenvalue weighted by Gasteiger charge is 2.07. The van der Waals surface area contributed by atoms with Gasteiger partial charge in [0.2, 0.25) is 0 Å². The Morgan fingerprint density at radius 2 is 1.65 bits per heavy atom. The molecular weight excluding hydrogens is 210 g/mol. The third-order valence-corrected chi connectivity index (χ3v) is 2.75. The Morgan fingerprint density at radius 1 is 1.00 bits per heavy atom. The fourth-order valence-electron chi connectivity index (χ4n) is 1.98. The van der Waals surface area contributed by atoms with Crippen LogP contribution >= 0.6 is 0 Å². The van der Waals surface area contributed by atoms with Crippen LogP contribution in [0.15, 0.2) is 30.5 Å². The standard InChI is InChI=1S/C14H19N3/c1-3-9-17(10-4-2)14-11-15-12-7-5-6-8-13(12)16-14/h5-8,11H,3-4,9-10H2,1-2H3. The molecule has 17 heavy (non-hydrogen) atoms. The predicted octanol–water partition coefficient (Wildman–Crippen LogP) is 3.26. The molecule has 0 atom stereocenters. The summed E-state index contributed by atoms with van der Waals surface area (Å²) in [5.74, 6) is 0.993. The highest BCUT2D eigenvalue weighted by molar-refractivity contribution is 5.75. The average Bonchev–Trinajstić information content (AvgIpc) is 2.38. The molecule has 0 aliphatic carbocycles. The molecule has 0 unspecified atom stereocenters. The Bertz CT molecular complexity index is 476. The maximum atomic E-state index is 4.68. The highest BCUT2D eigenvalue weighted by atomic mass is 15.2. The van der Waals surface area contributed by atoms with Crippen LogP contribution in [0.1, 0.15) is 26.7 Å². The first-order chi connectivity index (χ1) is 8.35. The van der Waals surface area contributed by atoms with Gasteiger partial charge in [0.15, 0.2) is 0 Å². The second-order valence-electron chi connectivity index (χ2n) is 4.20. The molecule has 0 spiro atoms. The molecule has 0 fully saturated rings. The van der Waals surface area contributed by atoms with E-state index in [4.69, 9.17) is 0 Å². The molecule has 0 saturated carbocycles. The van der Waals surface area contributed by atoms with Crippen molar-refractivity contribution in [2.75, 3.05) is 18.0 Å². The molecule has 3 heteroatoms. The number of anilines is 1. The normalized spacial score (nSPS) is 10.7. The van der Waals surface area contributed by atoms with E-state index in [1.165, 1.54) is 0 Å². The Morgan fingerprint density at radius 3 is 2.29 bits per heavy atom. The molecule has 0 saturated heterocycles. The van der Waals surface area contributed by atoms with Gasteiger partial charge in [-0.25, -0.2) is 4.98 Å². The molecule has 90 valence electrons. The minimum absolute atomic E-state index is 0.962. The Kier molecular flexibility index (Phi) is 3.91. The molecule has 2 aromatic rings. The molecule has 3 nitrogen and oxygen atoms in total. The van der Waals surface area contributed by atoms with Crippen molar-refractivity contribution in [1.29, 1.82) is 0 Å². The molecule has 0 radical (unpaired) electrons. The molecule has 1 heterocycles. The van der Waals surface area contributed by atoms with Gasteiger partial charge in [-0.05, 0) is 25.0 Å². The van der Waals surface area contributed by atoms with Gasteiger partial charge in [0.25, 0.3) is 0 Å². The van der Waals surface area contributed by atoms with Crippen molar-refractivity contribution >= 4 is 16.9 Å². The summed E-state index contributed by atoms with van der Waals surface area (Å²) in [7, 11) is 0. The van der Waals surface area contributed by atoms with Crippen LogP contribution in [0.2, 0.25) is 0 Å². The SMILES string of the molecule is CCCN(CCC)c1cnc2ccccc2n1. The fraction of sp³-hybridized carbons (Fsp3) is 0.429. The predicted molar refractivity (Wildman–Crippen MR) is 72.3 cm³/mol. The Balaban J connectivity index is 2.32. The molecular formula is C14H19N3. The number of hydrogen-bond donors (Lipinski definition) is 0. The first-order valence-electron chi connectivity index (χ1n) is 6.32. The molecule has 0 N–H and O–H groups in total. The number of nitrogens with zero attached hydrogens (tertiary/aromatic N) is 3. The summed E-state index contributed by atoms with van der Waals surface area (Å²) in [4.78, 5) is 11.4. The van der Waals surface area contributed by atoms with E-state index < -0.39 is 0 Å². The van der Waals surface area contributed by atoms with E-state index in [-0.39, 0.29) is 0 Å². The summed E-state index contributed by atoms with van der Waals surface area (Å²) in [6, 6.07) is 8.01. The Hall–Kier alpha value is -1.64. The summed E-state index contributed by atoms with van der Waals surface area (Å²) in [6.45, 7) is 6.47. The first kappa shape index (κ1) is 11.8. The van der Waals surface area contributed by atoms with E-state index in [9.17, 15) is 0 Å². The van der Waals surface area contributed by atoms with Crippen molar-refractivity contribution in [3.63, 3.8) is 0 Å². The van der Waals surface area contributed by atoms with Crippen LogP contribution in [0.5, 0.6) is 0 Å². The van der Waals surface area contributed by atoms with Crippen LogP contribution < -0.4 is 4.90 Å². The third kappa shape index (κ3) is 2.73.